The lowest BCUT2D eigenvalue weighted by Crippen LogP contribution is -2.42. The van der Waals surface area contributed by atoms with E-state index in [0.717, 1.165) is 18.0 Å². The molecule has 0 amide bonds. The number of hydrogen-bond donors (Lipinski definition) is 1. The second kappa shape index (κ2) is 6.02. The first kappa shape index (κ1) is 12.4. The van der Waals surface area contributed by atoms with Crippen LogP contribution in [0.5, 0.6) is 0 Å². The van der Waals surface area contributed by atoms with Crippen LogP contribution in [-0.4, -0.2) is 36.6 Å². The Morgan fingerprint density at radius 1 is 1.38 bits per heavy atom. The standard InChI is InChI=1S/C14H28N2/c1-3-4-6-12(2)16-10-5-9-15-14(11-16)13-7-8-13/h12-15H,3-11H2,1-2H3. The average molecular weight is 224 g/mol. The summed E-state index contributed by atoms with van der Waals surface area (Å²) in [5, 5.41) is 3.74. The van der Waals surface area contributed by atoms with Gasteiger partial charge in [0.15, 0.2) is 0 Å². The summed E-state index contributed by atoms with van der Waals surface area (Å²) in [6, 6.07) is 1.59. The minimum atomic E-state index is 0.793. The Morgan fingerprint density at radius 3 is 2.88 bits per heavy atom. The second-order valence-electron chi connectivity index (χ2n) is 5.74. The number of nitrogens with one attached hydrogen (secondary N) is 1. The van der Waals surface area contributed by atoms with Gasteiger partial charge in [-0.1, -0.05) is 19.8 Å². The molecular weight excluding hydrogens is 196 g/mol. The smallest absolute Gasteiger partial charge is 0.0223 e. The maximum atomic E-state index is 3.74. The lowest BCUT2D eigenvalue weighted by atomic mass is 10.1. The summed E-state index contributed by atoms with van der Waals surface area (Å²) in [6.45, 7) is 8.56. The first-order valence-corrected chi connectivity index (χ1v) is 7.28. The normalized spacial score (nSPS) is 30.0. The third-order valence-electron chi connectivity index (χ3n) is 4.25. The van der Waals surface area contributed by atoms with Crippen LogP contribution in [0.25, 0.3) is 0 Å². The molecule has 0 spiro atoms. The summed E-state index contributed by atoms with van der Waals surface area (Å²) in [5.74, 6) is 0.999. The van der Waals surface area contributed by atoms with Crippen molar-refractivity contribution in [3.8, 4) is 0 Å². The van der Waals surface area contributed by atoms with Gasteiger partial charge in [-0.2, -0.15) is 0 Å². The Balaban J connectivity index is 1.81. The van der Waals surface area contributed by atoms with E-state index in [-0.39, 0.29) is 0 Å². The summed E-state index contributed by atoms with van der Waals surface area (Å²) in [5.41, 5.74) is 0. The number of rotatable bonds is 5. The van der Waals surface area contributed by atoms with Gasteiger partial charge >= 0.3 is 0 Å². The Hall–Kier alpha value is -0.0800. The molecule has 16 heavy (non-hydrogen) atoms. The zero-order chi connectivity index (χ0) is 11.4. The predicted molar refractivity (Wildman–Crippen MR) is 69.7 cm³/mol. The summed E-state index contributed by atoms with van der Waals surface area (Å²) in [4.78, 5) is 2.73. The topological polar surface area (TPSA) is 15.3 Å². The molecular formula is C14H28N2. The van der Waals surface area contributed by atoms with Gasteiger partial charge in [0.2, 0.25) is 0 Å². The van der Waals surface area contributed by atoms with E-state index in [2.05, 4.69) is 24.1 Å². The van der Waals surface area contributed by atoms with Crippen molar-refractivity contribution >= 4 is 0 Å². The highest BCUT2D eigenvalue weighted by atomic mass is 15.2. The van der Waals surface area contributed by atoms with Crippen LogP contribution in [0.1, 0.15) is 52.4 Å². The molecule has 2 aliphatic rings. The van der Waals surface area contributed by atoms with Gasteiger partial charge in [0.1, 0.15) is 0 Å². The number of unbranched alkanes of at least 4 members (excludes halogenated alkanes) is 1. The van der Waals surface area contributed by atoms with Crippen molar-refractivity contribution in [1.29, 1.82) is 0 Å². The Kier molecular flexibility index (Phi) is 4.66. The molecule has 0 aromatic heterocycles. The van der Waals surface area contributed by atoms with E-state index >= 15 is 0 Å². The van der Waals surface area contributed by atoms with Gasteiger partial charge in [-0.05, 0) is 51.6 Å². The van der Waals surface area contributed by atoms with Gasteiger partial charge in [0.05, 0.1) is 0 Å². The van der Waals surface area contributed by atoms with E-state index in [0.29, 0.717) is 0 Å². The Bertz CT molecular complexity index is 201. The number of nitrogens with zero attached hydrogens (tertiary/aromatic N) is 1. The van der Waals surface area contributed by atoms with Crippen molar-refractivity contribution in [2.24, 2.45) is 5.92 Å². The van der Waals surface area contributed by atoms with E-state index in [1.165, 1.54) is 58.2 Å². The number of hydrogen-bond acceptors (Lipinski definition) is 2. The van der Waals surface area contributed by atoms with Gasteiger partial charge in [-0.25, -0.2) is 0 Å². The molecule has 0 radical (unpaired) electrons. The lowest BCUT2D eigenvalue weighted by molar-refractivity contribution is 0.188. The highest BCUT2D eigenvalue weighted by Gasteiger charge is 2.33. The summed E-state index contributed by atoms with van der Waals surface area (Å²) in [7, 11) is 0. The van der Waals surface area contributed by atoms with Gasteiger partial charge in [0.25, 0.3) is 0 Å². The molecule has 1 aliphatic heterocycles. The Morgan fingerprint density at radius 2 is 2.19 bits per heavy atom. The third kappa shape index (κ3) is 3.46. The molecule has 1 N–H and O–H groups in total. The summed E-state index contributed by atoms with van der Waals surface area (Å²) >= 11 is 0. The molecule has 2 unspecified atom stereocenters. The lowest BCUT2D eigenvalue weighted by Gasteiger charge is -2.30. The van der Waals surface area contributed by atoms with Crippen molar-refractivity contribution in [3.05, 3.63) is 0 Å². The molecule has 2 rings (SSSR count). The molecule has 94 valence electrons. The molecule has 1 saturated heterocycles. The van der Waals surface area contributed by atoms with E-state index in [1.54, 1.807) is 0 Å². The average Bonchev–Trinajstić information content (AvgIpc) is 3.09. The third-order valence-corrected chi connectivity index (χ3v) is 4.25. The molecule has 0 bridgehead atoms. The second-order valence-corrected chi connectivity index (χ2v) is 5.74. The van der Waals surface area contributed by atoms with E-state index in [1.807, 2.05) is 0 Å². The Labute approximate surface area is 101 Å². The zero-order valence-electron chi connectivity index (χ0n) is 11.0. The molecule has 2 atom stereocenters. The largest absolute Gasteiger partial charge is 0.312 e. The summed E-state index contributed by atoms with van der Waals surface area (Å²) in [6.07, 6.45) is 8.37. The highest BCUT2D eigenvalue weighted by molar-refractivity contribution is 4.90. The van der Waals surface area contributed by atoms with Crippen LogP contribution in [0.15, 0.2) is 0 Å². The fraction of sp³-hybridized carbons (Fsp3) is 1.00. The van der Waals surface area contributed by atoms with E-state index < -0.39 is 0 Å². The molecule has 0 aromatic rings. The van der Waals surface area contributed by atoms with Gasteiger partial charge in [-0.3, -0.25) is 4.90 Å². The van der Waals surface area contributed by atoms with Gasteiger partial charge in [0, 0.05) is 18.6 Å². The monoisotopic (exact) mass is 224 g/mol. The van der Waals surface area contributed by atoms with Crippen LogP contribution in [0.2, 0.25) is 0 Å². The van der Waals surface area contributed by atoms with E-state index in [9.17, 15) is 0 Å². The molecule has 1 saturated carbocycles. The minimum absolute atomic E-state index is 0.793. The maximum Gasteiger partial charge on any atom is 0.0223 e. The van der Waals surface area contributed by atoms with Crippen LogP contribution in [0.4, 0.5) is 0 Å². The molecule has 2 heteroatoms. The summed E-state index contributed by atoms with van der Waals surface area (Å²) < 4.78 is 0. The zero-order valence-corrected chi connectivity index (χ0v) is 11.0. The quantitative estimate of drug-likeness (QED) is 0.772. The van der Waals surface area contributed by atoms with Crippen LogP contribution in [0, 0.1) is 5.92 Å². The molecule has 2 fully saturated rings. The molecule has 2 nitrogen and oxygen atoms in total. The van der Waals surface area contributed by atoms with Gasteiger partial charge < -0.3 is 5.32 Å². The highest BCUT2D eigenvalue weighted by Crippen LogP contribution is 2.33. The van der Waals surface area contributed by atoms with Crippen molar-refractivity contribution < 1.29 is 0 Å². The van der Waals surface area contributed by atoms with Crippen molar-refractivity contribution in [2.45, 2.75) is 64.5 Å². The van der Waals surface area contributed by atoms with Crippen LogP contribution >= 0.6 is 0 Å². The fourth-order valence-electron chi connectivity index (χ4n) is 2.87. The molecule has 1 aliphatic carbocycles. The molecule has 0 aromatic carbocycles. The predicted octanol–water partition coefficient (Wildman–Crippen LogP) is 2.64. The van der Waals surface area contributed by atoms with Crippen molar-refractivity contribution in [2.75, 3.05) is 19.6 Å². The molecule has 1 heterocycles. The van der Waals surface area contributed by atoms with Crippen LogP contribution in [0.3, 0.4) is 0 Å². The minimum Gasteiger partial charge on any atom is -0.312 e. The van der Waals surface area contributed by atoms with Crippen molar-refractivity contribution in [3.63, 3.8) is 0 Å². The van der Waals surface area contributed by atoms with Crippen molar-refractivity contribution in [1.82, 2.24) is 10.2 Å². The van der Waals surface area contributed by atoms with Gasteiger partial charge in [-0.15, -0.1) is 0 Å². The maximum absolute atomic E-state index is 3.74. The fourth-order valence-corrected chi connectivity index (χ4v) is 2.87. The van der Waals surface area contributed by atoms with E-state index in [4.69, 9.17) is 0 Å². The van der Waals surface area contributed by atoms with Crippen LogP contribution < -0.4 is 5.32 Å². The first-order chi connectivity index (χ1) is 7.81. The van der Waals surface area contributed by atoms with Crippen LogP contribution in [-0.2, 0) is 0 Å². The SMILES string of the molecule is CCCCC(C)N1CCCNC(C2CC2)C1. The first-order valence-electron chi connectivity index (χ1n) is 7.28.